The van der Waals surface area contributed by atoms with Crippen molar-refractivity contribution in [3.05, 3.63) is 60.7 Å². The molecule has 1 aliphatic rings. The lowest BCUT2D eigenvalue weighted by Crippen LogP contribution is -2.31. The van der Waals surface area contributed by atoms with Crippen molar-refractivity contribution >= 4 is 0 Å². The summed E-state index contributed by atoms with van der Waals surface area (Å²) in [6, 6.07) is 10.1. The van der Waals surface area contributed by atoms with Gasteiger partial charge in [-0.1, -0.05) is 55.5 Å². The molecule has 4 atom stereocenters. The van der Waals surface area contributed by atoms with E-state index in [0.29, 0.717) is 19.6 Å². The van der Waals surface area contributed by atoms with E-state index in [0.717, 1.165) is 18.4 Å². The summed E-state index contributed by atoms with van der Waals surface area (Å²) in [5, 5.41) is 10.4. The average molecular weight is 316 g/mol. The SMILES string of the molecule is C=CC[C@@H]1C=CC[C@@H](C[C@H](O)[C@@H](C)COCc2ccccc2)O1. The lowest BCUT2D eigenvalue weighted by molar-refractivity contribution is -0.0417. The van der Waals surface area contributed by atoms with Crippen molar-refractivity contribution in [2.24, 2.45) is 5.92 Å². The molecule has 0 fully saturated rings. The number of ether oxygens (including phenoxy) is 2. The third kappa shape index (κ3) is 6.30. The lowest BCUT2D eigenvalue weighted by Gasteiger charge is -2.29. The molecule has 0 saturated carbocycles. The molecule has 0 spiro atoms. The molecule has 126 valence electrons. The fourth-order valence-corrected chi connectivity index (χ4v) is 2.73. The largest absolute Gasteiger partial charge is 0.393 e. The van der Waals surface area contributed by atoms with E-state index in [9.17, 15) is 5.11 Å². The van der Waals surface area contributed by atoms with Gasteiger partial charge in [0.05, 0.1) is 31.5 Å². The molecule has 0 amide bonds. The van der Waals surface area contributed by atoms with Gasteiger partial charge in [0.1, 0.15) is 0 Å². The Morgan fingerprint density at radius 1 is 1.39 bits per heavy atom. The highest BCUT2D eigenvalue weighted by Crippen LogP contribution is 2.21. The van der Waals surface area contributed by atoms with Crippen LogP contribution in [0.1, 0.15) is 31.7 Å². The fraction of sp³-hybridized carbons (Fsp3) is 0.500. The van der Waals surface area contributed by atoms with Crippen molar-refractivity contribution in [3.8, 4) is 0 Å². The normalized spacial score (nSPS) is 23.4. The molecular formula is C20H28O3. The molecule has 1 aromatic rings. The monoisotopic (exact) mass is 316 g/mol. The van der Waals surface area contributed by atoms with E-state index in [2.05, 4.69) is 18.7 Å². The van der Waals surface area contributed by atoms with Gasteiger partial charge >= 0.3 is 0 Å². The van der Waals surface area contributed by atoms with Gasteiger partial charge in [-0.3, -0.25) is 0 Å². The van der Waals surface area contributed by atoms with Gasteiger partial charge in [-0.15, -0.1) is 6.58 Å². The highest BCUT2D eigenvalue weighted by atomic mass is 16.5. The maximum atomic E-state index is 10.4. The molecule has 1 heterocycles. The fourth-order valence-electron chi connectivity index (χ4n) is 2.73. The van der Waals surface area contributed by atoms with Gasteiger partial charge in [0.25, 0.3) is 0 Å². The summed E-state index contributed by atoms with van der Waals surface area (Å²) >= 11 is 0. The number of aliphatic hydroxyl groups is 1. The number of rotatable bonds is 9. The highest BCUT2D eigenvalue weighted by Gasteiger charge is 2.23. The van der Waals surface area contributed by atoms with E-state index < -0.39 is 6.10 Å². The van der Waals surface area contributed by atoms with Crippen LogP contribution >= 0.6 is 0 Å². The second-order valence-corrected chi connectivity index (χ2v) is 6.27. The smallest absolute Gasteiger partial charge is 0.0794 e. The van der Waals surface area contributed by atoms with Gasteiger partial charge in [0.2, 0.25) is 0 Å². The van der Waals surface area contributed by atoms with Gasteiger partial charge in [0, 0.05) is 12.3 Å². The Morgan fingerprint density at radius 3 is 2.91 bits per heavy atom. The first-order chi connectivity index (χ1) is 11.2. The van der Waals surface area contributed by atoms with Crippen LogP contribution in [0, 0.1) is 5.92 Å². The minimum Gasteiger partial charge on any atom is -0.393 e. The Balaban J connectivity index is 1.69. The summed E-state index contributed by atoms with van der Waals surface area (Å²) in [4.78, 5) is 0. The van der Waals surface area contributed by atoms with E-state index in [1.165, 1.54) is 0 Å². The van der Waals surface area contributed by atoms with Crippen LogP contribution in [0.3, 0.4) is 0 Å². The van der Waals surface area contributed by atoms with Crippen molar-refractivity contribution < 1.29 is 14.6 Å². The summed E-state index contributed by atoms with van der Waals surface area (Å²) < 4.78 is 11.7. The number of hydrogen-bond donors (Lipinski definition) is 1. The summed E-state index contributed by atoms with van der Waals surface area (Å²) in [5.74, 6) is 0.0890. The highest BCUT2D eigenvalue weighted by molar-refractivity contribution is 5.13. The molecule has 0 bridgehead atoms. The molecule has 0 aliphatic carbocycles. The molecule has 1 aliphatic heterocycles. The van der Waals surface area contributed by atoms with E-state index in [4.69, 9.17) is 9.47 Å². The van der Waals surface area contributed by atoms with Gasteiger partial charge < -0.3 is 14.6 Å². The Hall–Kier alpha value is -1.42. The second kappa shape index (κ2) is 9.66. The number of hydrogen-bond acceptors (Lipinski definition) is 3. The first kappa shape index (κ1) is 17.9. The van der Waals surface area contributed by atoms with Crippen molar-refractivity contribution in [2.45, 2.75) is 51.1 Å². The van der Waals surface area contributed by atoms with Crippen LogP contribution in [0.15, 0.2) is 55.1 Å². The van der Waals surface area contributed by atoms with Crippen LogP contribution in [0.4, 0.5) is 0 Å². The van der Waals surface area contributed by atoms with Crippen molar-refractivity contribution in [1.29, 1.82) is 0 Å². The Bertz CT molecular complexity index is 483. The van der Waals surface area contributed by atoms with E-state index in [1.807, 2.05) is 43.3 Å². The van der Waals surface area contributed by atoms with Crippen LogP contribution in [-0.2, 0) is 16.1 Å². The summed E-state index contributed by atoms with van der Waals surface area (Å²) in [6.45, 7) is 6.91. The summed E-state index contributed by atoms with van der Waals surface area (Å²) in [6.07, 6.45) is 8.19. The number of benzene rings is 1. The van der Waals surface area contributed by atoms with Gasteiger partial charge in [0.15, 0.2) is 0 Å². The predicted molar refractivity (Wildman–Crippen MR) is 93.1 cm³/mol. The molecule has 0 aromatic heterocycles. The average Bonchev–Trinajstić information content (AvgIpc) is 2.56. The van der Waals surface area contributed by atoms with Crippen molar-refractivity contribution in [1.82, 2.24) is 0 Å². The van der Waals surface area contributed by atoms with Crippen LogP contribution < -0.4 is 0 Å². The molecule has 0 saturated heterocycles. The Kier molecular flexibility index (Phi) is 7.53. The Labute approximate surface area is 139 Å². The molecule has 1 N–H and O–H groups in total. The molecule has 0 unspecified atom stereocenters. The molecular weight excluding hydrogens is 288 g/mol. The lowest BCUT2D eigenvalue weighted by atomic mass is 9.97. The molecule has 3 heteroatoms. The molecule has 2 rings (SSSR count). The first-order valence-corrected chi connectivity index (χ1v) is 8.41. The molecule has 3 nitrogen and oxygen atoms in total. The third-order valence-corrected chi connectivity index (χ3v) is 4.17. The summed E-state index contributed by atoms with van der Waals surface area (Å²) in [7, 11) is 0. The minimum atomic E-state index is -0.411. The van der Waals surface area contributed by atoms with Gasteiger partial charge in [-0.05, 0) is 18.4 Å². The maximum Gasteiger partial charge on any atom is 0.0794 e. The molecule has 0 radical (unpaired) electrons. The van der Waals surface area contributed by atoms with E-state index >= 15 is 0 Å². The first-order valence-electron chi connectivity index (χ1n) is 8.41. The quantitative estimate of drug-likeness (QED) is 0.703. The predicted octanol–water partition coefficient (Wildman–Crippen LogP) is 3.88. The van der Waals surface area contributed by atoms with Gasteiger partial charge in [-0.2, -0.15) is 0 Å². The van der Waals surface area contributed by atoms with Crippen LogP contribution in [0.2, 0.25) is 0 Å². The standard InChI is InChI=1S/C20H28O3/c1-3-8-18-11-7-12-19(23-18)13-20(21)16(2)14-22-15-17-9-5-4-6-10-17/h3-7,9-11,16,18-21H,1,8,12-15H2,2H3/t16-,18+,19-,20-/m0/s1. The molecule has 1 aromatic carbocycles. The maximum absolute atomic E-state index is 10.4. The zero-order chi connectivity index (χ0) is 16.5. The van der Waals surface area contributed by atoms with E-state index in [-0.39, 0.29) is 18.1 Å². The molecule has 23 heavy (non-hydrogen) atoms. The second-order valence-electron chi connectivity index (χ2n) is 6.27. The Morgan fingerprint density at radius 2 is 2.17 bits per heavy atom. The van der Waals surface area contributed by atoms with Crippen LogP contribution in [-0.4, -0.2) is 30.0 Å². The minimum absolute atomic E-state index is 0.0801. The summed E-state index contributed by atoms with van der Waals surface area (Å²) in [5.41, 5.74) is 1.15. The van der Waals surface area contributed by atoms with Crippen LogP contribution in [0.25, 0.3) is 0 Å². The zero-order valence-electron chi connectivity index (χ0n) is 13.9. The van der Waals surface area contributed by atoms with Gasteiger partial charge in [-0.25, -0.2) is 0 Å². The zero-order valence-corrected chi connectivity index (χ0v) is 13.9. The third-order valence-electron chi connectivity index (χ3n) is 4.17. The van der Waals surface area contributed by atoms with Crippen LogP contribution in [0.5, 0.6) is 0 Å². The topological polar surface area (TPSA) is 38.7 Å². The van der Waals surface area contributed by atoms with E-state index in [1.54, 1.807) is 0 Å². The van der Waals surface area contributed by atoms with Crippen molar-refractivity contribution in [2.75, 3.05) is 6.61 Å². The van der Waals surface area contributed by atoms with Crippen molar-refractivity contribution in [3.63, 3.8) is 0 Å². The number of aliphatic hydroxyl groups excluding tert-OH is 1.